The molecule has 0 heteroatoms. The molecule has 0 aliphatic heterocycles. The molecule has 0 saturated carbocycles. The SMILES string of the molecule is c1ccc2cc(-c3ccc(-c4c(-c5ccc(-c6ccc7ccccc7c6)cc5)c5ccccc5c5ccccc45)cc3)ccc2c1. The Bertz CT molecular complexity index is 2370. The fourth-order valence-corrected chi connectivity index (χ4v) is 7.14. The maximum Gasteiger partial charge on any atom is -0.00203 e. The van der Waals surface area contributed by atoms with Crippen molar-refractivity contribution in [3.05, 3.63) is 182 Å². The molecular formula is C46H30. The molecule has 9 aromatic rings. The molecule has 0 atom stereocenters. The van der Waals surface area contributed by atoms with Crippen LogP contribution in [0.3, 0.4) is 0 Å². The summed E-state index contributed by atoms with van der Waals surface area (Å²) in [4.78, 5) is 0. The van der Waals surface area contributed by atoms with Gasteiger partial charge in [-0.15, -0.1) is 0 Å². The van der Waals surface area contributed by atoms with Crippen LogP contribution < -0.4 is 0 Å². The summed E-state index contributed by atoms with van der Waals surface area (Å²) in [6, 6.07) is 66.6. The Morgan fingerprint density at radius 1 is 0.196 bits per heavy atom. The minimum absolute atomic E-state index is 1.22. The maximum atomic E-state index is 2.30. The first-order valence-corrected chi connectivity index (χ1v) is 15.9. The van der Waals surface area contributed by atoms with Gasteiger partial charge in [-0.2, -0.15) is 0 Å². The number of hydrogen-bond acceptors (Lipinski definition) is 0. The lowest BCUT2D eigenvalue weighted by Crippen LogP contribution is -1.92. The third-order valence-electron chi connectivity index (χ3n) is 9.45. The fourth-order valence-electron chi connectivity index (χ4n) is 7.14. The van der Waals surface area contributed by atoms with Crippen LogP contribution in [0.4, 0.5) is 0 Å². The van der Waals surface area contributed by atoms with Gasteiger partial charge in [0.2, 0.25) is 0 Å². The maximum absolute atomic E-state index is 2.30. The smallest absolute Gasteiger partial charge is 0.00203 e. The molecule has 0 radical (unpaired) electrons. The average Bonchev–Trinajstić information content (AvgIpc) is 3.14. The largest absolute Gasteiger partial charge is 0.0616 e. The zero-order valence-corrected chi connectivity index (χ0v) is 25.3. The van der Waals surface area contributed by atoms with Crippen molar-refractivity contribution >= 4 is 43.1 Å². The third-order valence-corrected chi connectivity index (χ3v) is 9.45. The lowest BCUT2D eigenvalue weighted by atomic mass is 9.84. The third kappa shape index (κ3) is 4.47. The van der Waals surface area contributed by atoms with Gasteiger partial charge < -0.3 is 0 Å². The molecule has 9 rings (SSSR count). The molecule has 0 aromatic heterocycles. The highest BCUT2D eigenvalue weighted by molar-refractivity contribution is 6.21. The van der Waals surface area contributed by atoms with Crippen molar-refractivity contribution in [2.45, 2.75) is 0 Å². The van der Waals surface area contributed by atoms with E-state index in [1.54, 1.807) is 0 Å². The number of fused-ring (bicyclic) bond motifs is 5. The van der Waals surface area contributed by atoms with Gasteiger partial charge in [0.1, 0.15) is 0 Å². The van der Waals surface area contributed by atoms with Crippen LogP contribution in [0.5, 0.6) is 0 Å². The molecule has 46 heavy (non-hydrogen) atoms. The zero-order valence-electron chi connectivity index (χ0n) is 25.3. The first-order valence-electron chi connectivity index (χ1n) is 15.9. The van der Waals surface area contributed by atoms with E-state index in [0.717, 1.165) is 0 Å². The van der Waals surface area contributed by atoms with Gasteiger partial charge in [-0.05, 0) is 99.7 Å². The Morgan fingerprint density at radius 3 is 0.913 bits per heavy atom. The second-order valence-electron chi connectivity index (χ2n) is 12.1. The van der Waals surface area contributed by atoms with Crippen molar-refractivity contribution in [2.75, 3.05) is 0 Å². The summed E-state index contributed by atoms with van der Waals surface area (Å²) in [6.07, 6.45) is 0. The minimum atomic E-state index is 1.22. The van der Waals surface area contributed by atoms with Crippen molar-refractivity contribution < 1.29 is 0 Å². The minimum Gasteiger partial charge on any atom is -0.0616 e. The van der Waals surface area contributed by atoms with E-state index in [-0.39, 0.29) is 0 Å². The monoisotopic (exact) mass is 582 g/mol. The summed E-state index contributed by atoms with van der Waals surface area (Å²) in [7, 11) is 0. The first kappa shape index (κ1) is 26.4. The molecule has 0 N–H and O–H groups in total. The number of hydrogen-bond donors (Lipinski definition) is 0. The van der Waals surface area contributed by atoms with Crippen LogP contribution in [0.15, 0.2) is 182 Å². The molecule has 9 aromatic carbocycles. The molecule has 0 spiro atoms. The van der Waals surface area contributed by atoms with E-state index in [1.165, 1.54) is 87.6 Å². The van der Waals surface area contributed by atoms with Crippen LogP contribution in [0.25, 0.3) is 87.6 Å². The van der Waals surface area contributed by atoms with Crippen molar-refractivity contribution in [2.24, 2.45) is 0 Å². The topological polar surface area (TPSA) is 0 Å². The summed E-state index contributed by atoms with van der Waals surface area (Å²) < 4.78 is 0. The molecule has 0 unspecified atom stereocenters. The normalized spacial score (nSPS) is 11.5. The average molecular weight is 583 g/mol. The standard InChI is InChI=1S/C46H30/c1-3-11-37-29-39(27-21-31(37)9-1)33-17-23-35(24-18-33)45-43-15-7-5-13-41(43)42-14-6-8-16-44(42)46(45)36-25-19-34(20-26-36)40-28-22-32-10-2-4-12-38(32)30-40/h1-30H. The second kappa shape index (κ2) is 10.9. The van der Waals surface area contributed by atoms with Crippen LogP contribution in [0.2, 0.25) is 0 Å². The molecule has 0 amide bonds. The molecule has 0 heterocycles. The Balaban J connectivity index is 1.21. The van der Waals surface area contributed by atoms with E-state index in [1.807, 2.05) is 0 Å². The Labute approximate surface area is 268 Å². The zero-order chi connectivity index (χ0) is 30.5. The molecule has 0 bridgehead atoms. The molecular weight excluding hydrogens is 553 g/mol. The summed E-state index contributed by atoms with van der Waals surface area (Å²) in [5, 5.41) is 10.2. The Morgan fingerprint density at radius 2 is 0.500 bits per heavy atom. The van der Waals surface area contributed by atoms with Gasteiger partial charge in [0, 0.05) is 0 Å². The summed E-state index contributed by atoms with van der Waals surface area (Å²) >= 11 is 0. The molecule has 214 valence electrons. The van der Waals surface area contributed by atoms with Crippen molar-refractivity contribution in [1.82, 2.24) is 0 Å². The number of rotatable bonds is 4. The summed E-state index contributed by atoms with van der Waals surface area (Å²) in [5.74, 6) is 0. The van der Waals surface area contributed by atoms with E-state index in [4.69, 9.17) is 0 Å². The highest BCUT2D eigenvalue weighted by Gasteiger charge is 2.18. The Kier molecular flexibility index (Phi) is 6.25. The van der Waals surface area contributed by atoms with Crippen molar-refractivity contribution in [1.29, 1.82) is 0 Å². The fraction of sp³-hybridized carbons (Fsp3) is 0. The predicted octanol–water partition coefficient (Wildman–Crippen LogP) is 13.0. The van der Waals surface area contributed by atoms with E-state index < -0.39 is 0 Å². The summed E-state index contributed by atoms with van der Waals surface area (Å²) in [6.45, 7) is 0. The first-order chi connectivity index (χ1) is 22.8. The van der Waals surface area contributed by atoms with Crippen LogP contribution >= 0.6 is 0 Å². The van der Waals surface area contributed by atoms with Crippen molar-refractivity contribution in [3.8, 4) is 44.5 Å². The van der Waals surface area contributed by atoms with Crippen molar-refractivity contribution in [3.63, 3.8) is 0 Å². The van der Waals surface area contributed by atoms with Gasteiger partial charge in [0.15, 0.2) is 0 Å². The van der Waals surface area contributed by atoms with Crippen LogP contribution in [-0.4, -0.2) is 0 Å². The van der Waals surface area contributed by atoms with Gasteiger partial charge >= 0.3 is 0 Å². The van der Waals surface area contributed by atoms with Crippen LogP contribution in [0.1, 0.15) is 0 Å². The van der Waals surface area contributed by atoms with Gasteiger partial charge in [0.25, 0.3) is 0 Å². The van der Waals surface area contributed by atoms with Crippen LogP contribution in [0, 0.1) is 0 Å². The lowest BCUT2D eigenvalue weighted by molar-refractivity contribution is 1.60. The lowest BCUT2D eigenvalue weighted by Gasteiger charge is -2.19. The molecule has 0 nitrogen and oxygen atoms in total. The predicted molar refractivity (Wildman–Crippen MR) is 198 cm³/mol. The van der Waals surface area contributed by atoms with E-state index in [9.17, 15) is 0 Å². The van der Waals surface area contributed by atoms with Gasteiger partial charge in [-0.25, -0.2) is 0 Å². The van der Waals surface area contributed by atoms with Gasteiger partial charge in [-0.3, -0.25) is 0 Å². The molecule has 0 aliphatic carbocycles. The van der Waals surface area contributed by atoms with Gasteiger partial charge in [0.05, 0.1) is 0 Å². The van der Waals surface area contributed by atoms with E-state index in [0.29, 0.717) is 0 Å². The van der Waals surface area contributed by atoms with E-state index in [2.05, 4.69) is 182 Å². The highest BCUT2D eigenvalue weighted by atomic mass is 14.2. The molecule has 0 fully saturated rings. The quantitative estimate of drug-likeness (QED) is 0.181. The highest BCUT2D eigenvalue weighted by Crippen LogP contribution is 2.45. The molecule has 0 aliphatic rings. The number of benzene rings is 9. The van der Waals surface area contributed by atoms with E-state index >= 15 is 0 Å². The molecule has 0 saturated heterocycles. The van der Waals surface area contributed by atoms with Crippen LogP contribution in [-0.2, 0) is 0 Å². The second-order valence-corrected chi connectivity index (χ2v) is 12.1. The van der Waals surface area contributed by atoms with Gasteiger partial charge in [-0.1, -0.05) is 170 Å². The Hall–Kier alpha value is -5.98. The summed E-state index contributed by atoms with van der Waals surface area (Å²) in [5.41, 5.74) is 9.91.